The molecule has 0 amide bonds. The maximum absolute atomic E-state index is 8.34. The van der Waals surface area contributed by atoms with Gasteiger partial charge in [-0.25, -0.2) is 0 Å². The van der Waals surface area contributed by atoms with Crippen molar-refractivity contribution in [3.63, 3.8) is 0 Å². The van der Waals surface area contributed by atoms with E-state index in [0.717, 1.165) is 12.8 Å². The number of benzene rings is 1. The largest absolute Gasteiger partial charge is 0.492 e. The van der Waals surface area contributed by atoms with Gasteiger partial charge in [-0.05, 0) is 25.0 Å². The smallest absolute Gasteiger partial charge is 0.139 e. The monoisotopic (exact) mass is 276 g/mol. The van der Waals surface area contributed by atoms with Gasteiger partial charge in [0.25, 0.3) is 0 Å². The molecule has 0 atom stereocenters. The lowest BCUT2D eigenvalue weighted by Gasteiger charge is -2.08. The topological polar surface area (TPSA) is 67.8 Å². The van der Waals surface area contributed by atoms with Gasteiger partial charge in [0, 0.05) is 6.42 Å². The molecule has 0 aliphatic heterocycles. The number of hydrogen-bond acceptors (Lipinski definition) is 3. The SMILES string of the molecule is NC(CCCCOc1cccc(Cl)c1Cl)=NO. The van der Waals surface area contributed by atoms with Gasteiger partial charge in [0.05, 0.1) is 11.6 Å². The van der Waals surface area contributed by atoms with Gasteiger partial charge in [0.15, 0.2) is 0 Å². The molecule has 0 bridgehead atoms. The molecule has 0 aliphatic rings. The van der Waals surface area contributed by atoms with Crippen LogP contribution in [0.5, 0.6) is 5.75 Å². The van der Waals surface area contributed by atoms with Crippen LogP contribution in [0.25, 0.3) is 0 Å². The molecule has 0 saturated heterocycles. The van der Waals surface area contributed by atoms with Crippen molar-refractivity contribution in [2.75, 3.05) is 6.61 Å². The minimum absolute atomic E-state index is 0.228. The summed E-state index contributed by atoms with van der Waals surface area (Å²) in [5.41, 5.74) is 5.33. The van der Waals surface area contributed by atoms with Crippen molar-refractivity contribution in [3.8, 4) is 5.75 Å². The lowest BCUT2D eigenvalue weighted by molar-refractivity contribution is 0.305. The van der Waals surface area contributed by atoms with Crippen LogP contribution in [-0.4, -0.2) is 17.6 Å². The average molecular weight is 277 g/mol. The summed E-state index contributed by atoms with van der Waals surface area (Å²) < 4.78 is 5.47. The maximum Gasteiger partial charge on any atom is 0.139 e. The summed E-state index contributed by atoms with van der Waals surface area (Å²) in [6.07, 6.45) is 2.12. The van der Waals surface area contributed by atoms with E-state index in [4.69, 9.17) is 38.9 Å². The van der Waals surface area contributed by atoms with Crippen molar-refractivity contribution >= 4 is 29.0 Å². The minimum Gasteiger partial charge on any atom is -0.492 e. The second-order valence-corrected chi connectivity index (χ2v) is 4.23. The van der Waals surface area contributed by atoms with Crippen LogP contribution in [0.4, 0.5) is 0 Å². The highest BCUT2D eigenvalue weighted by molar-refractivity contribution is 6.42. The van der Waals surface area contributed by atoms with Gasteiger partial charge >= 0.3 is 0 Å². The van der Waals surface area contributed by atoms with Gasteiger partial charge in [0.2, 0.25) is 0 Å². The van der Waals surface area contributed by atoms with Crippen molar-refractivity contribution in [2.45, 2.75) is 19.3 Å². The molecule has 3 N–H and O–H groups in total. The molecule has 0 aromatic heterocycles. The van der Waals surface area contributed by atoms with Crippen molar-refractivity contribution < 1.29 is 9.94 Å². The summed E-state index contributed by atoms with van der Waals surface area (Å²) in [6, 6.07) is 5.24. The Labute approximate surface area is 110 Å². The third kappa shape index (κ3) is 4.71. The van der Waals surface area contributed by atoms with Crippen LogP contribution >= 0.6 is 23.2 Å². The zero-order chi connectivity index (χ0) is 12.7. The number of hydrogen-bond donors (Lipinski definition) is 2. The van der Waals surface area contributed by atoms with E-state index in [1.807, 2.05) is 0 Å². The fourth-order valence-electron chi connectivity index (χ4n) is 1.24. The second-order valence-electron chi connectivity index (χ2n) is 3.45. The summed E-state index contributed by atoms with van der Waals surface area (Å²) in [7, 11) is 0. The second kappa shape index (κ2) is 7.25. The van der Waals surface area contributed by atoms with Crippen LogP contribution in [0, 0.1) is 0 Å². The third-order valence-corrected chi connectivity index (χ3v) is 2.93. The van der Waals surface area contributed by atoms with Crippen LogP contribution < -0.4 is 10.5 Å². The molecule has 0 unspecified atom stereocenters. The zero-order valence-electron chi connectivity index (χ0n) is 9.20. The molecular weight excluding hydrogens is 263 g/mol. The highest BCUT2D eigenvalue weighted by Gasteiger charge is 2.04. The first-order valence-electron chi connectivity index (χ1n) is 5.18. The number of ether oxygens (including phenoxy) is 1. The number of halogens is 2. The Morgan fingerprint density at radius 3 is 2.82 bits per heavy atom. The predicted molar refractivity (Wildman–Crippen MR) is 69.2 cm³/mol. The van der Waals surface area contributed by atoms with Crippen molar-refractivity contribution in [1.29, 1.82) is 0 Å². The first kappa shape index (κ1) is 13.9. The van der Waals surface area contributed by atoms with E-state index in [2.05, 4.69) is 5.16 Å². The predicted octanol–water partition coefficient (Wildman–Crippen LogP) is 3.29. The van der Waals surface area contributed by atoms with Crippen LogP contribution in [0.1, 0.15) is 19.3 Å². The molecule has 1 aromatic rings. The van der Waals surface area contributed by atoms with Crippen molar-refractivity contribution in [1.82, 2.24) is 0 Å². The van der Waals surface area contributed by atoms with Gasteiger partial charge in [-0.15, -0.1) is 0 Å². The molecule has 0 fully saturated rings. The summed E-state index contributed by atoms with van der Waals surface area (Å²) >= 11 is 11.8. The van der Waals surface area contributed by atoms with Gasteiger partial charge in [0.1, 0.15) is 16.6 Å². The summed E-state index contributed by atoms with van der Waals surface area (Å²) in [5, 5.41) is 12.1. The maximum atomic E-state index is 8.34. The van der Waals surface area contributed by atoms with E-state index < -0.39 is 0 Å². The van der Waals surface area contributed by atoms with Crippen LogP contribution in [0.2, 0.25) is 10.0 Å². The Hall–Kier alpha value is -1.13. The van der Waals surface area contributed by atoms with E-state index in [1.54, 1.807) is 18.2 Å². The average Bonchev–Trinajstić information content (AvgIpc) is 2.33. The molecule has 4 nitrogen and oxygen atoms in total. The lowest BCUT2D eigenvalue weighted by Crippen LogP contribution is -2.11. The molecule has 0 saturated carbocycles. The molecule has 1 rings (SSSR count). The molecular formula is C11H14Cl2N2O2. The molecule has 0 radical (unpaired) electrons. The van der Waals surface area contributed by atoms with Gasteiger partial charge in [-0.2, -0.15) is 0 Å². The molecule has 94 valence electrons. The van der Waals surface area contributed by atoms with E-state index in [-0.39, 0.29) is 5.84 Å². The molecule has 0 heterocycles. The van der Waals surface area contributed by atoms with Crippen molar-refractivity contribution in [3.05, 3.63) is 28.2 Å². The summed E-state index contributed by atoms with van der Waals surface area (Å²) in [4.78, 5) is 0. The van der Waals surface area contributed by atoms with E-state index in [1.165, 1.54) is 0 Å². The van der Waals surface area contributed by atoms with Gasteiger partial charge in [-0.3, -0.25) is 0 Å². The molecule has 17 heavy (non-hydrogen) atoms. The van der Waals surface area contributed by atoms with Crippen LogP contribution in [0.15, 0.2) is 23.4 Å². The van der Waals surface area contributed by atoms with Gasteiger partial charge in [-0.1, -0.05) is 34.4 Å². The first-order chi connectivity index (χ1) is 8.15. The number of nitrogens with two attached hydrogens (primary N) is 1. The Bertz CT molecular complexity index is 397. The number of oxime groups is 1. The number of unbranched alkanes of at least 4 members (excludes halogenated alkanes) is 1. The highest BCUT2D eigenvalue weighted by Crippen LogP contribution is 2.31. The van der Waals surface area contributed by atoms with Crippen LogP contribution in [-0.2, 0) is 0 Å². The fraction of sp³-hybridized carbons (Fsp3) is 0.364. The van der Waals surface area contributed by atoms with E-state index >= 15 is 0 Å². The molecule has 6 heteroatoms. The quantitative estimate of drug-likeness (QED) is 0.275. The number of amidine groups is 1. The van der Waals surface area contributed by atoms with E-state index in [9.17, 15) is 0 Å². The molecule has 0 spiro atoms. The lowest BCUT2D eigenvalue weighted by atomic mass is 10.2. The summed E-state index contributed by atoms with van der Waals surface area (Å²) in [6.45, 7) is 0.513. The Balaban J connectivity index is 2.29. The standard InChI is InChI=1S/C11H14Cl2N2O2/c12-8-4-3-5-9(11(8)13)17-7-2-1-6-10(14)15-16/h3-5,16H,1-2,6-7H2,(H2,14,15). The summed E-state index contributed by atoms with van der Waals surface area (Å²) in [5.74, 6) is 0.800. The molecule has 0 aliphatic carbocycles. The highest BCUT2D eigenvalue weighted by atomic mass is 35.5. The number of nitrogens with zero attached hydrogens (tertiary/aromatic N) is 1. The molecule has 1 aromatic carbocycles. The zero-order valence-corrected chi connectivity index (χ0v) is 10.7. The van der Waals surface area contributed by atoms with Gasteiger partial charge < -0.3 is 15.7 Å². The van der Waals surface area contributed by atoms with E-state index in [0.29, 0.717) is 28.8 Å². The fourth-order valence-corrected chi connectivity index (χ4v) is 1.58. The normalized spacial score (nSPS) is 11.5. The van der Waals surface area contributed by atoms with Crippen LogP contribution in [0.3, 0.4) is 0 Å². The third-order valence-electron chi connectivity index (χ3n) is 2.13. The Morgan fingerprint density at radius 1 is 1.35 bits per heavy atom. The first-order valence-corrected chi connectivity index (χ1v) is 5.94. The Morgan fingerprint density at radius 2 is 2.12 bits per heavy atom. The van der Waals surface area contributed by atoms with Crippen molar-refractivity contribution in [2.24, 2.45) is 10.9 Å². The Kier molecular flexibility index (Phi) is 5.94. The number of rotatable bonds is 6. The minimum atomic E-state index is 0.228.